The lowest BCUT2D eigenvalue weighted by atomic mass is 9.83. The van der Waals surface area contributed by atoms with Gasteiger partial charge in [0, 0.05) is 18.9 Å². The fraction of sp³-hybridized carbons (Fsp3) is 0.818. The molecule has 1 N–H and O–H groups in total. The molecule has 0 aromatic carbocycles. The zero-order valence-corrected chi connectivity index (χ0v) is 10.7. The Morgan fingerprint density at radius 2 is 2.25 bits per heavy atom. The van der Waals surface area contributed by atoms with E-state index in [0.717, 1.165) is 30.5 Å². The molecular weight excluding hydrogens is 226 g/mol. The first kappa shape index (κ1) is 13.5. The molecule has 1 aliphatic carbocycles. The predicted octanol–water partition coefficient (Wildman–Crippen LogP) is 1.98. The second-order valence-electron chi connectivity index (χ2n) is 4.50. The van der Waals surface area contributed by atoms with Crippen LogP contribution < -0.4 is 5.32 Å². The maximum Gasteiger partial charge on any atom is 0.226 e. The van der Waals surface area contributed by atoms with Gasteiger partial charge in [-0.05, 0) is 32.7 Å². The topological polar surface area (TPSA) is 51.0 Å². The molecule has 0 aliphatic heterocycles. The minimum Gasteiger partial charge on any atom is -0.339 e. The summed E-state index contributed by atoms with van der Waals surface area (Å²) in [7, 11) is 1.94. The van der Waals surface area contributed by atoms with Gasteiger partial charge in [-0.25, -0.2) is 0 Å². The minimum atomic E-state index is 0. The summed E-state index contributed by atoms with van der Waals surface area (Å²) in [5, 5.41) is 7.15. The van der Waals surface area contributed by atoms with Crippen molar-refractivity contribution in [3.8, 4) is 0 Å². The highest BCUT2D eigenvalue weighted by molar-refractivity contribution is 5.85. The number of hydrogen-bond donors (Lipinski definition) is 1. The van der Waals surface area contributed by atoms with Crippen LogP contribution in [0.3, 0.4) is 0 Å². The van der Waals surface area contributed by atoms with Gasteiger partial charge in [0.05, 0.1) is 0 Å². The second kappa shape index (κ2) is 6.21. The van der Waals surface area contributed by atoms with Gasteiger partial charge in [-0.1, -0.05) is 11.6 Å². The van der Waals surface area contributed by atoms with Crippen LogP contribution in [0.1, 0.15) is 37.9 Å². The summed E-state index contributed by atoms with van der Waals surface area (Å²) >= 11 is 0. The van der Waals surface area contributed by atoms with Crippen LogP contribution in [0, 0.1) is 5.92 Å². The summed E-state index contributed by atoms with van der Waals surface area (Å²) in [5.74, 6) is 2.43. The molecule has 1 aromatic rings. The molecule has 1 atom stereocenters. The van der Waals surface area contributed by atoms with E-state index in [9.17, 15) is 0 Å². The van der Waals surface area contributed by atoms with E-state index in [1.165, 1.54) is 19.3 Å². The maximum absolute atomic E-state index is 5.23. The number of aromatic nitrogens is 2. The molecule has 1 saturated carbocycles. The summed E-state index contributed by atoms with van der Waals surface area (Å²) < 4.78 is 5.23. The SMILES string of the molecule is CNC(C)Cc1noc(CC2CCC2)n1.Cl. The Kier molecular flexibility index (Phi) is 5.22. The first-order chi connectivity index (χ1) is 7.28. The lowest BCUT2D eigenvalue weighted by Gasteiger charge is -2.23. The summed E-state index contributed by atoms with van der Waals surface area (Å²) in [6.07, 6.45) is 5.82. The molecule has 1 aliphatic rings. The molecule has 0 spiro atoms. The lowest BCUT2D eigenvalue weighted by molar-refractivity contribution is 0.273. The van der Waals surface area contributed by atoms with Crippen molar-refractivity contribution in [2.75, 3.05) is 7.05 Å². The molecule has 0 radical (unpaired) electrons. The van der Waals surface area contributed by atoms with Gasteiger partial charge in [-0.2, -0.15) is 4.98 Å². The maximum atomic E-state index is 5.23. The van der Waals surface area contributed by atoms with Crippen LogP contribution in [-0.2, 0) is 12.8 Å². The fourth-order valence-corrected chi connectivity index (χ4v) is 1.78. The summed E-state index contributed by atoms with van der Waals surface area (Å²) in [4.78, 5) is 4.40. The normalized spacial score (nSPS) is 17.6. The zero-order valence-electron chi connectivity index (χ0n) is 9.90. The standard InChI is InChI=1S/C11H19N3O.ClH/c1-8(12-2)6-10-13-11(15-14-10)7-9-4-3-5-9;/h8-9,12H,3-7H2,1-2H3;1H. The van der Waals surface area contributed by atoms with Gasteiger partial charge in [-0.3, -0.25) is 0 Å². The van der Waals surface area contributed by atoms with Crippen LogP contribution in [0.25, 0.3) is 0 Å². The van der Waals surface area contributed by atoms with Gasteiger partial charge in [0.2, 0.25) is 5.89 Å². The van der Waals surface area contributed by atoms with Gasteiger partial charge in [0.25, 0.3) is 0 Å². The van der Waals surface area contributed by atoms with Gasteiger partial charge in [0.1, 0.15) is 0 Å². The highest BCUT2D eigenvalue weighted by Gasteiger charge is 2.20. The third kappa shape index (κ3) is 3.46. The highest BCUT2D eigenvalue weighted by Crippen LogP contribution is 2.29. The average molecular weight is 246 g/mol. The molecule has 1 heterocycles. The van der Waals surface area contributed by atoms with E-state index in [4.69, 9.17) is 4.52 Å². The monoisotopic (exact) mass is 245 g/mol. The minimum absolute atomic E-state index is 0. The Morgan fingerprint density at radius 3 is 2.81 bits per heavy atom. The van der Waals surface area contributed by atoms with Crippen LogP contribution in [0.5, 0.6) is 0 Å². The molecule has 5 heteroatoms. The zero-order chi connectivity index (χ0) is 10.7. The summed E-state index contributed by atoms with van der Waals surface area (Å²) in [6, 6.07) is 0.402. The van der Waals surface area contributed by atoms with Gasteiger partial charge in [-0.15, -0.1) is 12.4 Å². The Morgan fingerprint density at radius 1 is 1.50 bits per heavy atom. The first-order valence-corrected chi connectivity index (χ1v) is 5.76. The number of halogens is 1. The third-order valence-electron chi connectivity index (χ3n) is 3.18. The first-order valence-electron chi connectivity index (χ1n) is 5.76. The number of likely N-dealkylation sites (N-methyl/N-ethyl adjacent to an activating group) is 1. The third-order valence-corrected chi connectivity index (χ3v) is 3.18. The van der Waals surface area contributed by atoms with E-state index >= 15 is 0 Å². The van der Waals surface area contributed by atoms with Gasteiger partial charge in [0.15, 0.2) is 5.82 Å². The van der Waals surface area contributed by atoms with E-state index in [1.807, 2.05) is 7.05 Å². The lowest BCUT2D eigenvalue weighted by Crippen LogP contribution is -2.24. The number of nitrogens with one attached hydrogen (secondary N) is 1. The number of hydrogen-bond acceptors (Lipinski definition) is 4. The summed E-state index contributed by atoms with van der Waals surface area (Å²) in [5.41, 5.74) is 0. The average Bonchev–Trinajstić information content (AvgIpc) is 2.59. The Labute approximate surface area is 103 Å². The van der Waals surface area contributed by atoms with Gasteiger partial charge < -0.3 is 9.84 Å². The van der Waals surface area contributed by atoms with E-state index in [-0.39, 0.29) is 12.4 Å². The van der Waals surface area contributed by atoms with Crippen molar-refractivity contribution in [2.45, 2.75) is 45.1 Å². The van der Waals surface area contributed by atoms with Crippen LogP contribution in [0.2, 0.25) is 0 Å². The van der Waals surface area contributed by atoms with E-state index in [2.05, 4.69) is 22.4 Å². The molecule has 1 unspecified atom stereocenters. The Balaban J connectivity index is 0.00000128. The number of rotatable bonds is 5. The predicted molar refractivity (Wildman–Crippen MR) is 64.8 cm³/mol. The Hall–Kier alpha value is -0.610. The molecule has 4 nitrogen and oxygen atoms in total. The van der Waals surface area contributed by atoms with Crippen LogP contribution >= 0.6 is 12.4 Å². The van der Waals surface area contributed by atoms with Crippen LogP contribution in [0.15, 0.2) is 4.52 Å². The van der Waals surface area contributed by atoms with Crippen molar-refractivity contribution >= 4 is 12.4 Å². The molecule has 16 heavy (non-hydrogen) atoms. The number of nitrogens with zero attached hydrogens (tertiary/aromatic N) is 2. The fourth-order valence-electron chi connectivity index (χ4n) is 1.78. The van der Waals surface area contributed by atoms with Crippen molar-refractivity contribution in [3.63, 3.8) is 0 Å². The molecule has 0 saturated heterocycles. The molecule has 0 amide bonds. The largest absolute Gasteiger partial charge is 0.339 e. The molecule has 1 aromatic heterocycles. The molecule has 2 rings (SSSR count). The van der Waals surface area contributed by atoms with Crippen molar-refractivity contribution < 1.29 is 4.52 Å². The van der Waals surface area contributed by atoms with Crippen LogP contribution in [0.4, 0.5) is 0 Å². The molecule has 92 valence electrons. The molecule has 0 bridgehead atoms. The van der Waals surface area contributed by atoms with E-state index in [0.29, 0.717) is 6.04 Å². The van der Waals surface area contributed by atoms with Gasteiger partial charge >= 0.3 is 0 Å². The highest BCUT2D eigenvalue weighted by atomic mass is 35.5. The Bertz CT molecular complexity index is 291. The van der Waals surface area contributed by atoms with Crippen molar-refractivity contribution in [1.82, 2.24) is 15.5 Å². The van der Waals surface area contributed by atoms with Crippen molar-refractivity contribution in [2.24, 2.45) is 5.92 Å². The molecular formula is C11H20ClN3O. The van der Waals surface area contributed by atoms with E-state index in [1.54, 1.807) is 0 Å². The van der Waals surface area contributed by atoms with Crippen molar-refractivity contribution in [3.05, 3.63) is 11.7 Å². The smallest absolute Gasteiger partial charge is 0.226 e. The van der Waals surface area contributed by atoms with Crippen LogP contribution in [-0.4, -0.2) is 23.2 Å². The molecule has 1 fully saturated rings. The summed E-state index contributed by atoms with van der Waals surface area (Å²) in [6.45, 7) is 2.11. The van der Waals surface area contributed by atoms with E-state index < -0.39 is 0 Å². The van der Waals surface area contributed by atoms with Crippen molar-refractivity contribution in [1.29, 1.82) is 0 Å². The second-order valence-corrected chi connectivity index (χ2v) is 4.50. The quantitative estimate of drug-likeness (QED) is 0.862.